The van der Waals surface area contributed by atoms with E-state index in [1.807, 2.05) is 31.2 Å². The monoisotopic (exact) mass is 215 g/mol. The van der Waals surface area contributed by atoms with E-state index in [0.717, 1.165) is 11.3 Å². The Kier molecular flexibility index (Phi) is 3.12. The van der Waals surface area contributed by atoms with Crippen LogP contribution in [0, 0.1) is 6.92 Å². The maximum atomic E-state index is 5.60. The quantitative estimate of drug-likeness (QED) is 0.851. The maximum absolute atomic E-state index is 5.60. The summed E-state index contributed by atoms with van der Waals surface area (Å²) in [6.45, 7) is 2.41. The SMILES string of the molecule is Cc1ccc(Oc2nnccc2CN)cc1. The van der Waals surface area contributed by atoms with Crippen molar-refractivity contribution in [2.24, 2.45) is 5.73 Å². The molecule has 0 fully saturated rings. The van der Waals surface area contributed by atoms with Gasteiger partial charge in [-0.25, -0.2) is 0 Å². The van der Waals surface area contributed by atoms with Gasteiger partial charge in [-0.15, -0.1) is 5.10 Å². The highest BCUT2D eigenvalue weighted by Crippen LogP contribution is 2.21. The van der Waals surface area contributed by atoms with Crippen LogP contribution in [0.1, 0.15) is 11.1 Å². The predicted molar refractivity (Wildman–Crippen MR) is 61.2 cm³/mol. The number of nitrogens with zero attached hydrogens (tertiary/aromatic N) is 2. The van der Waals surface area contributed by atoms with Gasteiger partial charge < -0.3 is 10.5 Å². The fraction of sp³-hybridized carbons (Fsp3) is 0.167. The van der Waals surface area contributed by atoms with Crippen LogP contribution in [0.4, 0.5) is 0 Å². The van der Waals surface area contributed by atoms with E-state index in [2.05, 4.69) is 10.2 Å². The van der Waals surface area contributed by atoms with Gasteiger partial charge in [-0.05, 0) is 25.1 Å². The average Bonchev–Trinajstić information content (AvgIpc) is 2.33. The average molecular weight is 215 g/mol. The highest BCUT2D eigenvalue weighted by molar-refractivity contribution is 5.32. The molecule has 0 spiro atoms. The molecule has 0 unspecified atom stereocenters. The van der Waals surface area contributed by atoms with Crippen molar-refractivity contribution in [3.05, 3.63) is 47.7 Å². The zero-order valence-corrected chi connectivity index (χ0v) is 9.05. The molecule has 2 rings (SSSR count). The summed E-state index contributed by atoms with van der Waals surface area (Å²) >= 11 is 0. The first-order chi connectivity index (χ1) is 7.79. The van der Waals surface area contributed by atoms with Crippen LogP contribution < -0.4 is 10.5 Å². The van der Waals surface area contributed by atoms with E-state index >= 15 is 0 Å². The number of benzene rings is 1. The number of hydrogen-bond donors (Lipinski definition) is 1. The molecule has 0 atom stereocenters. The lowest BCUT2D eigenvalue weighted by molar-refractivity contribution is 0.448. The Labute approximate surface area is 94.1 Å². The van der Waals surface area contributed by atoms with Gasteiger partial charge in [-0.3, -0.25) is 0 Å². The van der Waals surface area contributed by atoms with E-state index in [-0.39, 0.29) is 0 Å². The molecule has 16 heavy (non-hydrogen) atoms. The Hall–Kier alpha value is -1.94. The van der Waals surface area contributed by atoms with Gasteiger partial charge in [-0.2, -0.15) is 5.10 Å². The van der Waals surface area contributed by atoms with Crippen molar-refractivity contribution >= 4 is 0 Å². The number of ether oxygens (including phenoxy) is 1. The molecule has 0 saturated carbocycles. The molecule has 0 aliphatic rings. The van der Waals surface area contributed by atoms with Gasteiger partial charge in [0.25, 0.3) is 0 Å². The molecule has 0 aliphatic heterocycles. The van der Waals surface area contributed by atoms with Crippen molar-refractivity contribution in [1.29, 1.82) is 0 Å². The molecule has 1 heterocycles. The minimum Gasteiger partial charge on any atom is -0.437 e. The second-order valence-corrected chi connectivity index (χ2v) is 3.48. The van der Waals surface area contributed by atoms with Crippen molar-refractivity contribution < 1.29 is 4.74 Å². The summed E-state index contributed by atoms with van der Waals surface area (Å²) in [6, 6.07) is 9.55. The number of hydrogen-bond acceptors (Lipinski definition) is 4. The predicted octanol–water partition coefficient (Wildman–Crippen LogP) is 2.04. The number of aryl methyl sites for hydroxylation is 1. The molecule has 1 aromatic heterocycles. The summed E-state index contributed by atoms with van der Waals surface area (Å²) < 4.78 is 5.60. The largest absolute Gasteiger partial charge is 0.437 e. The fourth-order valence-electron chi connectivity index (χ4n) is 1.30. The topological polar surface area (TPSA) is 61.0 Å². The molecule has 0 amide bonds. The van der Waals surface area contributed by atoms with Crippen molar-refractivity contribution in [1.82, 2.24) is 10.2 Å². The van der Waals surface area contributed by atoms with Crippen molar-refractivity contribution in [3.63, 3.8) is 0 Å². The molecular formula is C12H13N3O. The summed E-state index contributed by atoms with van der Waals surface area (Å²) in [4.78, 5) is 0. The number of nitrogens with two attached hydrogens (primary N) is 1. The van der Waals surface area contributed by atoms with Crippen LogP contribution in [-0.4, -0.2) is 10.2 Å². The second-order valence-electron chi connectivity index (χ2n) is 3.48. The summed E-state index contributed by atoms with van der Waals surface area (Å²) in [5.74, 6) is 1.20. The van der Waals surface area contributed by atoms with Crippen molar-refractivity contribution in [2.45, 2.75) is 13.5 Å². The highest BCUT2D eigenvalue weighted by Gasteiger charge is 2.04. The van der Waals surface area contributed by atoms with E-state index in [1.165, 1.54) is 5.56 Å². The molecule has 2 aromatic rings. The lowest BCUT2D eigenvalue weighted by Gasteiger charge is -2.07. The van der Waals surface area contributed by atoms with Crippen LogP contribution in [0.2, 0.25) is 0 Å². The molecule has 2 N–H and O–H groups in total. The second kappa shape index (κ2) is 4.72. The van der Waals surface area contributed by atoms with Crippen molar-refractivity contribution in [3.8, 4) is 11.6 Å². The molecular weight excluding hydrogens is 202 g/mol. The van der Waals surface area contributed by atoms with E-state index in [0.29, 0.717) is 12.4 Å². The van der Waals surface area contributed by atoms with Gasteiger partial charge in [0.2, 0.25) is 5.88 Å². The maximum Gasteiger partial charge on any atom is 0.243 e. The molecule has 1 aromatic carbocycles. The first-order valence-corrected chi connectivity index (χ1v) is 5.05. The molecule has 0 bridgehead atoms. The molecule has 0 aliphatic carbocycles. The van der Waals surface area contributed by atoms with Crippen molar-refractivity contribution in [2.75, 3.05) is 0 Å². The third-order valence-corrected chi connectivity index (χ3v) is 2.22. The van der Waals surface area contributed by atoms with Crippen LogP contribution in [0.5, 0.6) is 11.6 Å². The third-order valence-electron chi connectivity index (χ3n) is 2.22. The standard InChI is InChI=1S/C12H13N3O/c1-9-2-4-11(5-3-9)16-12-10(8-13)6-7-14-15-12/h2-7H,8,13H2,1H3. The normalized spacial score (nSPS) is 10.1. The van der Waals surface area contributed by atoms with Gasteiger partial charge in [0.05, 0.1) is 6.20 Å². The molecule has 4 heteroatoms. The Morgan fingerprint density at radius 3 is 2.62 bits per heavy atom. The minimum absolute atomic E-state index is 0.386. The van der Waals surface area contributed by atoms with Crippen LogP contribution >= 0.6 is 0 Å². The lowest BCUT2D eigenvalue weighted by Crippen LogP contribution is -2.02. The summed E-state index contributed by atoms with van der Waals surface area (Å²) in [7, 11) is 0. The Morgan fingerprint density at radius 1 is 1.19 bits per heavy atom. The first kappa shape index (κ1) is 10.6. The Morgan fingerprint density at radius 2 is 1.94 bits per heavy atom. The van der Waals surface area contributed by atoms with Gasteiger partial charge in [0.1, 0.15) is 5.75 Å². The number of aromatic nitrogens is 2. The van der Waals surface area contributed by atoms with Gasteiger partial charge in [0, 0.05) is 12.1 Å². The van der Waals surface area contributed by atoms with E-state index in [9.17, 15) is 0 Å². The summed E-state index contributed by atoms with van der Waals surface area (Å²) in [5, 5.41) is 7.69. The van der Waals surface area contributed by atoms with E-state index < -0.39 is 0 Å². The highest BCUT2D eigenvalue weighted by atomic mass is 16.5. The Bertz CT molecular complexity index is 468. The van der Waals surface area contributed by atoms with Gasteiger partial charge in [0.15, 0.2) is 0 Å². The first-order valence-electron chi connectivity index (χ1n) is 5.05. The zero-order chi connectivity index (χ0) is 11.4. The summed E-state index contributed by atoms with van der Waals surface area (Å²) in [5.41, 5.74) is 7.61. The summed E-state index contributed by atoms with van der Waals surface area (Å²) in [6.07, 6.45) is 1.60. The van der Waals surface area contributed by atoms with E-state index in [1.54, 1.807) is 12.3 Å². The van der Waals surface area contributed by atoms with Crippen LogP contribution in [-0.2, 0) is 6.54 Å². The third kappa shape index (κ3) is 2.35. The van der Waals surface area contributed by atoms with Crippen LogP contribution in [0.25, 0.3) is 0 Å². The van der Waals surface area contributed by atoms with Gasteiger partial charge in [-0.1, -0.05) is 17.7 Å². The molecule has 4 nitrogen and oxygen atoms in total. The van der Waals surface area contributed by atoms with Crippen LogP contribution in [0.15, 0.2) is 36.5 Å². The van der Waals surface area contributed by atoms with Crippen LogP contribution in [0.3, 0.4) is 0 Å². The lowest BCUT2D eigenvalue weighted by atomic mass is 10.2. The smallest absolute Gasteiger partial charge is 0.243 e. The minimum atomic E-state index is 0.386. The van der Waals surface area contributed by atoms with E-state index in [4.69, 9.17) is 10.5 Å². The molecule has 82 valence electrons. The fourth-order valence-corrected chi connectivity index (χ4v) is 1.30. The Balaban J connectivity index is 2.23. The zero-order valence-electron chi connectivity index (χ0n) is 9.05. The molecule has 0 saturated heterocycles. The number of rotatable bonds is 3. The molecule has 0 radical (unpaired) electrons. The van der Waals surface area contributed by atoms with Gasteiger partial charge >= 0.3 is 0 Å².